The molecule has 2 aliphatic rings. The van der Waals surface area contributed by atoms with Crippen LogP contribution in [0.2, 0.25) is 0 Å². The molecule has 0 spiro atoms. The van der Waals surface area contributed by atoms with Gasteiger partial charge in [0, 0.05) is 5.56 Å². The number of quaternary nitrogens is 2. The SMILES string of the molecule is c1ccc(C[NH+]2CC[NH+](C3CCCCCC3)CC2)cc1. The lowest BCUT2D eigenvalue weighted by molar-refractivity contribution is -1.03. The van der Waals surface area contributed by atoms with E-state index >= 15 is 0 Å². The molecule has 1 aliphatic carbocycles. The van der Waals surface area contributed by atoms with E-state index in [0.29, 0.717) is 0 Å². The predicted molar refractivity (Wildman–Crippen MR) is 83.0 cm³/mol. The predicted octanol–water partition coefficient (Wildman–Crippen LogP) is 0.693. The van der Waals surface area contributed by atoms with E-state index in [0.717, 1.165) is 6.04 Å². The molecule has 1 aliphatic heterocycles. The fourth-order valence-corrected chi connectivity index (χ4v) is 4.08. The highest BCUT2D eigenvalue weighted by molar-refractivity contribution is 5.13. The molecule has 0 aromatic heterocycles. The lowest BCUT2D eigenvalue weighted by Crippen LogP contribution is -3.29. The lowest BCUT2D eigenvalue weighted by Gasteiger charge is -2.34. The second kappa shape index (κ2) is 7.24. The van der Waals surface area contributed by atoms with Gasteiger partial charge in [-0.1, -0.05) is 43.2 Å². The van der Waals surface area contributed by atoms with Crippen molar-refractivity contribution >= 4 is 0 Å². The van der Waals surface area contributed by atoms with Crippen molar-refractivity contribution in [3.8, 4) is 0 Å². The molecule has 2 nitrogen and oxygen atoms in total. The van der Waals surface area contributed by atoms with E-state index in [1.807, 2.05) is 4.90 Å². The topological polar surface area (TPSA) is 8.88 Å². The minimum Gasteiger partial charge on any atom is -0.323 e. The summed E-state index contributed by atoms with van der Waals surface area (Å²) < 4.78 is 0. The molecule has 2 N–H and O–H groups in total. The fourth-order valence-electron chi connectivity index (χ4n) is 4.08. The molecule has 2 fully saturated rings. The highest BCUT2D eigenvalue weighted by Gasteiger charge is 2.29. The molecule has 1 heterocycles. The molecule has 3 rings (SSSR count). The first-order chi connectivity index (χ1) is 9.92. The quantitative estimate of drug-likeness (QED) is 0.751. The third-order valence-electron chi connectivity index (χ3n) is 5.33. The smallest absolute Gasteiger partial charge is 0.127 e. The normalized spacial score (nSPS) is 29.0. The van der Waals surface area contributed by atoms with Crippen LogP contribution in [0.15, 0.2) is 30.3 Å². The summed E-state index contributed by atoms with van der Waals surface area (Å²) in [6.07, 6.45) is 8.90. The Kier molecular flexibility index (Phi) is 5.10. The molecular weight excluding hydrogens is 244 g/mol. The average molecular weight is 274 g/mol. The molecular formula is C18H30N2+2. The molecule has 0 unspecified atom stereocenters. The van der Waals surface area contributed by atoms with Gasteiger partial charge >= 0.3 is 0 Å². The monoisotopic (exact) mass is 274 g/mol. The van der Waals surface area contributed by atoms with Crippen molar-refractivity contribution in [1.82, 2.24) is 0 Å². The van der Waals surface area contributed by atoms with Gasteiger partial charge in [-0.05, 0) is 25.7 Å². The van der Waals surface area contributed by atoms with Crippen LogP contribution in [0.25, 0.3) is 0 Å². The van der Waals surface area contributed by atoms with Crippen LogP contribution >= 0.6 is 0 Å². The van der Waals surface area contributed by atoms with Crippen LogP contribution in [0.3, 0.4) is 0 Å². The summed E-state index contributed by atoms with van der Waals surface area (Å²) in [6.45, 7) is 6.74. The maximum absolute atomic E-state index is 2.28. The Balaban J connectivity index is 1.46. The van der Waals surface area contributed by atoms with Gasteiger partial charge < -0.3 is 9.80 Å². The van der Waals surface area contributed by atoms with Crippen molar-refractivity contribution in [2.75, 3.05) is 26.2 Å². The van der Waals surface area contributed by atoms with E-state index in [1.165, 1.54) is 76.8 Å². The van der Waals surface area contributed by atoms with Gasteiger partial charge in [0.15, 0.2) is 0 Å². The second-order valence-corrected chi connectivity index (χ2v) is 6.76. The first kappa shape index (κ1) is 14.1. The summed E-state index contributed by atoms with van der Waals surface area (Å²) in [5.74, 6) is 0. The third kappa shape index (κ3) is 3.83. The zero-order chi connectivity index (χ0) is 13.6. The Morgan fingerprint density at radius 3 is 2.10 bits per heavy atom. The largest absolute Gasteiger partial charge is 0.323 e. The van der Waals surface area contributed by atoms with Gasteiger partial charge in [0.05, 0.1) is 6.04 Å². The van der Waals surface area contributed by atoms with Gasteiger partial charge in [-0.3, -0.25) is 0 Å². The number of piperazine rings is 1. The highest BCUT2D eigenvalue weighted by atomic mass is 15.3. The first-order valence-electron chi connectivity index (χ1n) is 8.64. The lowest BCUT2D eigenvalue weighted by atomic mass is 10.1. The van der Waals surface area contributed by atoms with Crippen molar-refractivity contribution in [3.05, 3.63) is 35.9 Å². The second-order valence-electron chi connectivity index (χ2n) is 6.76. The van der Waals surface area contributed by atoms with Crippen LogP contribution < -0.4 is 9.80 Å². The van der Waals surface area contributed by atoms with E-state index in [-0.39, 0.29) is 0 Å². The summed E-state index contributed by atoms with van der Waals surface area (Å²) in [5.41, 5.74) is 1.50. The molecule has 0 atom stereocenters. The zero-order valence-electron chi connectivity index (χ0n) is 12.7. The molecule has 1 saturated heterocycles. The van der Waals surface area contributed by atoms with Gasteiger partial charge in [0.1, 0.15) is 32.7 Å². The molecule has 1 saturated carbocycles. The summed E-state index contributed by atoms with van der Waals surface area (Å²) >= 11 is 0. The highest BCUT2D eigenvalue weighted by Crippen LogP contribution is 2.15. The number of hydrogen-bond donors (Lipinski definition) is 2. The Morgan fingerprint density at radius 2 is 1.45 bits per heavy atom. The molecule has 2 heteroatoms. The van der Waals surface area contributed by atoms with Gasteiger partial charge in [-0.2, -0.15) is 0 Å². The van der Waals surface area contributed by atoms with Gasteiger partial charge in [-0.15, -0.1) is 0 Å². The fraction of sp³-hybridized carbons (Fsp3) is 0.667. The van der Waals surface area contributed by atoms with Crippen molar-refractivity contribution in [1.29, 1.82) is 0 Å². The summed E-state index contributed by atoms with van der Waals surface area (Å²) in [6, 6.07) is 12.0. The van der Waals surface area contributed by atoms with Crippen LogP contribution in [0.4, 0.5) is 0 Å². The van der Waals surface area contributed by atoms with Crippen molar-refractivity contribution in [3.63, 3.8) is 0 Å². The van der Waals surface area contributed by atoms with Crippen LogP contribution in [0.5, 0.6) is 0 Å². The number of hydrogen-bond acceptors (Lipinski definition) is 0. The Hall–Kier alpha value is -0.860. The Labute approximate surface area is 123 Å². The maximum atomic E-state index is 2.28. The molecule has 1 aromatic carbocycles. The molecule has 0 radical (unpaired) electrons. The van der Waals surface area contributed by atoms with E-state index in [9.17, 15) is 0 Å². The molecule has 0 amide bonds. The van der Waals surface area contributed by atoms with Gasteiger partial charge in [0.25, 0.3) is 0 Å². The summed E-state index contributed by atoms with van der Waals surface area (Å²) in [4.78, 5) is 3.71. The van der Waals surface area contributed by atoms with Crippen LogP contribution in [-0.2, 0) is 6.54 Å². The Morgan fingerprint density at radius 1 is 0.800 bits per heavy atom. The average Bonchev–Trinajstić information content (AvgIpc) is 2.78. The van der Waals surface area contributed by atoms with E-state index in [4.69, 9.17) is 0 Å². The van der Waals surface area contributed by atoms with Crippen molar-refractivity contribution in [2.45, 2.75) is 51.1 Å². The minimum absolute atomic E-state index is 0.982. The van der Waals surface area contributed by atoms with Crippen LogP contribution in [0.1, 0.15) is 44.1 Å². The summed E-state index contributed by atoms with van der Waals surface area (Å²) in [5, 5.41) is 0. The van der Waals surface area contributed by atoms with Crippen LogP contribution in [0, 0.1) is 0 Å². The van der Waals surface area contributed by atoms with Crippen molar-refractivity contribution in [2.24, 2.45) is 0 Å². The van der Waals surface area contributed by atoms with E-state index < -0.39 is 0 Å². The van der Waals surface area contributed by atoms with E-state index in [2.05, 4.69) is 30.3 Å². The first-order valence-corrected chi connectivity index (χ1v) is 8.64. The standard InChI is InChI=1S/C18H28N2/c1-2-7-11-18(10-6-1)20-14-12-19(13-15-20)16-17-8-4-3-5-9-17/h3-5,8-9,18H,1-2,6-7,10-16H2/p+2. The van der Waals surface area contributed by atoms with E-state index in [1.54, 1.807) is 4.90 Å². The molecule has 1 aromatic rings. The van der Waals surface area contributed by atoms with Gasteiger partial charge in [-0.25, -0.2) is 0 Å². The maximum Gasteiger partial charge on any atom is 0.127 e. The van der Waals surface area contributed by atoms with Crippen molar-refractivity contribution < 1.29 is 9.80 Å². The summed E-state index contributed by atoms with van der Waals surface area (Å²) in [7, 11) is 0. The van der Waals surface area contributed by atoms with Gasteiger partial charge in [0.2, 0.25) is 0 Å². The Bertz CT molecular complexity index is 374. The van der Waals surface area contributed by atoms with Crippen LogP contribution in [-0.4, -0.2) is 32.2 Å². The number of benzene rings is 1. The number of rotatable bonds is 3. The molecule has 0 bridgehead atoms. The molecule has 20 heavy (non-hydrogen) atoms. The minimum atomic E-state index is 0.982. The third-order valence-corrected chi connectivity index (χ3v) is 5.33. The zero-order valence-corrected chi connectivity index (χ0v) is 12.7. The molecule has 110 valence electrons. The number of nitrogens with one attached hydrogen (secondary N) is 2.